The number of nitrogens with zero attached hydrogens (tertiary/aromatic N) is 9. The molecule has 2 aromatic heterocycles. The summed E-state index contributed by atoms with van der Waals surface area (Å²) in [5.41, 5.74) is 4.46. The van der Waals surface area contributed by atoms with Gasteiger partial charge in [-0.2, -0.15) is 0 Å². The maximum absolute atomic E-state index is 15.2. The molecule has 15 nitrogen and oxygen atoms in total. The van der Waals surface area contributed by atoms with Crippen LogP contribution in [0.1, 0.15) is 99.1 Å². The molecule has 22 heteroatoms. The van der Waals surface area contributed by atoms with Crippen molar-refractivity contribution in [2.24, 2.45) is 0 Å². The molecule has 4 aliphatic rings. The summed E-state index contributed by atoms with van der Waals surface area (Å²) in [5, 5.41) is 11.3. The highest BCUT2D eigenvalue weighted by molar-refractivity contribution is 5.85. The minimum Gasteiger partial charge on any atom is -0.486 e. The number of anilines is 2. The number of aliphatic carboxylic acids is 1. The molecule has 452 valence electrons. The van der Waals surface area contributed by atoms with Gasteiger partial charge in [-0.15, -0.1) is 12.4 Å². The molecule has 0 saturated carbocycles. The van der Waals surface area contributed by atoms with Crippen molar-refractivity contribution < 1.29 is 50.5 Å². The molecule has 0 aliphatic carbocycles. The number of likely N-dealkylation sites (N-methyl/N-ethyl adjacent to an activating group) is 2. The van der Waals surface area contributed by atoms with Gasteiger partial charge in [0.15, 0.2) is 34.8 Å². The van der Waals surface area contributed by atoms with Gasteiger partial charge >= 0.3 is 5.97 Å². The number of hydrogen-bond donors (Lipinski definition) is 2. The van der Waals surface area contributed by atoms with Crippen LogP contribution in [0.4, 0.5) is 37.7 Å². The van der Waals surface area contributed by atoms with Gasteiger partial charge in [0.2, 0.25) is 5.91 Å². The third-order valence-electron chi connectivity index (χ3n) is 15.0. The quantitative estimate of drug-likeness (QED) is 0.0995. The maximum Gasteiger partial charge on any atom is 0.317 e. The van der Waals surface area contributed by atoms with E-state index in [9.17, 15) is 31.5 Å². The van der Waals surface area contributed by atoms with Gasteiger partial charge in [-0.3, -0.25) is 14.5 Å². The number of hydrogen-bond acceptors (Lipinski definition) is 13. The Hall–Kier alpha value is -7.07. The van der Waals surface area contributed by atoms with E-state index in [1.165, 1.54) is 24.3 Å². The highest BCUT2D eigenvalue weighted by atomic mass is 35.5. The Balaban J connectivity index is 0.000000216. The maximum atomic E-state index is 15.2. The minimum absolute atomic E-state index is 0. The Bertz CT molecular complexity index is 3250. The zero-order valence-electron chi connectivity index (χ0n) is 48.8. The SMILES string of the molecule is CC(C)N1CCOc2c(F)cc(-c3nc(Cc4ccc(C5CCN(C(=O)CN(C)C)CC5)c(F)c4)ncc3F)cc21.CC(C)N1CCOc2c(F)cc(-c3nc(Cc4ccc(C5CCNCC5)c(F)c4)ncc3F)cc21.CN(C)CC(=O)O.Cl. The van der Waals surface area contributed by atoms with Gasteiger partial charge in [-0.05, 0) is 165 Å². The van der Waals surface area contributed by atoms with Crippen LogP contribution < -0.4 is 24.6 Å². The van der Waals surface area contributed by atoms with Crippen molar-refractivity contribution in [2.75, 3.05) is 104 Å². The van der Waals surface area contributed by atoms with Crippen LogP contribution in [0.3, 0.4) is 0 Å². The normalized spacial score (nSPS) is 15.3. The molecule has 2 saturated heterocycles. The molecule has 0 radical (unpaired) electrons. The number of carboxylic acid groups (broad SMARTS) is 1. The van der Waals surface area contributed by atoms with Crippen LogP contribution in [0.5, 0.6) is 11.5 Å². The van der Waals surface area contributed by atoms with E-state index in [0.29, 0.717) is 104 Å². The molecule has 6 aromatic rings. The smallest absolute Gasteiger partial charge is 0.317 e. The van der Waals surface area contributed by atoms with E-state index in [-0.39, 0.29) is 102 Å². The number of amides is 1. The molecule has 0 unspecified atom stereocenters. The van der Waals surface area contributed by atoms with Crippen LogP contribution in [0, 0.1) is 34.9 Å². The first-order valence-electron chi connectivity index (χ1n) is 28.2. The van der Waals surface area contributed by atoms with Crippen molar-refractivity contribution in [1.29, 1.82) is 0 Å². The number of fused-ring (bicyclic) bond motifs is 2. The van der Waals surface area contributed by atoms with Gasteiger partial charge in [0.05, 0.1) is 49.9 Å². The highest BCUT2D eigenvalue weighted by Crippen LogP contribution is 2.41. The first-order valence-corrected chi connectivity index (χ1v) is 28.2. The lowest BCUT2D eigenvalue weighted by atomic mass is 9.88. The average Bonchev–Trinajstić information content (AvgIpc) is 3.45. The van der Waals surface area contributed by atoms with Crippen LogP contribution >= 0.6 is 12.4 Å². The number of nitrogens with one attached hydrogen (secondary N) is 1. The molecule has 0 spiro atoms. The predicted molar refractivity (Wildman–Crippen MR) is 315 cm³/mol. The molecule has 10 rings (SSSR count). The molecular formula is C62H75ClF6N10O5. The average molecular weight is 1190 g/mol. The van der Waals surface area contributed by atoms with Crippen LogP contribution in [0.2, 0.25) is 0 Å². The number of likely N-dealkylation sites (tertiary alicyclic amines) is 1. The van der Waals surface area contributed by atoms with Crippen LogP contribution in [0.25, 0.3) is 22.5 Å². The number of rotatable bonds is 14. The Morgan fingerprint density at radius 1 is 0.595 bits per heavy atom. The molecular weight excluding hydrogens is 1110 g/mol. The van der Waals surface area contributed by atoms with E-state index in [1.54, 1.807) is 37.2 Å². The van der Waals surface area contributed by atoms with Crippen molar-refractivity contribution in [3.05, 3.63) is 142 Å². The molecule has 1 amide bonds. The number of piperidine rings is 2. The molecule has 4 aliphatic heterocycles. The summed E-state index contributed by atoms with van der Waals surface area (Å²) in [7, 11) is 7.16. The van der Waals surface area contributed by atoms with E-state index in [2.05, 4.69) is 25.3 Å². The summed E-state index contributed by atoms with van der Waals surface area (Å²) in [6, 6.07) is 16.4. The van der Waals surface area contributed by atoms with Crippen LogP contribution in [-0.2, 0) is 22.4 Å². The molecule has 6 heterocycles. The zero-order chi connectivity index (χ0) is 59.6. The first-order chi connectivity index (χ1) is 39.6. The summed E-state index contributed by atoms with van der Waals surface area (Å²) in [4.78, 5) is 48.5. The number of halogens is 7. The first kappa shape index (κ1) is 64.5. The van der Waals surface area contributed by atoms with Crippen molar-refractivity contribution in [3.8, 4) is 34.0 Å². The lowest BCUT2D eigenvalue weighted by molar-refractivity contribution is -0.137. The van der Waals surface area contributed by atoms with Gasteiger partial charge < -0.3 is 39.5 Å². The number of carboxylic acids is 1. The lowest BCUT2D eigenvalue weighted by Crippen LogP contribution is -2.42. The van der Waals surface area contributed by atoms with E-state index in [4.69, 9.17) is 14.6 Å². The third-order valence-corrected chi connectivity index (χ3v) is 15.0. The number of benzene rings is 4. The van der Waals surface area contributed by atoms with E-state index in [0.717, 1.165) is 43.9 Å². The van der Waals surface area contributed by atoms with Crippen LogP contribution in [0.15, 0.2) is 73.1 Å². The second kappa shape index (κ2) is 29.2. The van der Waals surface area contributed by atoms with Gasteiger partial charge in [-0.1, -0.05) is 24.3 Å². The lowest BCUT2D eigenvalue weighted by Gasteiger charge is -2.34. The summed E-state index contributed by atoms with van der Waals surface area (Å²) in [6.45, 7) is 13.5. The Morgan fingerprint density at radius 3 is 1.40 bits per heavy atom. The van der Waals surface area contributed by atoms with Crippen molar-refractivity contribution in [2.45, 2.75) is 90.1 Å². The molecule has 2 fully saturated rings. The predicted octanol–water partition coefficient (Wildman–Crippen LogP) is 10.3. The fourth-order valence-corrected chi connectivity index (χ4v) is 10.9. The largest absolute Gasteiger partial charge is 0.486 e. The number of aromatic nitrogens is 4. The summed E-state index contributed by atoms with van der Waals surface area (Å²) >= 11 is 0. The van der Waals surface area contributed by atoms with Crippen molar-refractivity contribution in [1.82, 2.24) is 40.0 Å². The molecule has 2 N–H and O–H groups in total. The Kier molecular flexibility index (Phi) is 22.4. The van der Waals surface area contributed by atoms with E-state index >= 15 is 4.39 Å². The summed E-state index contributed by atoms with van der Waals surface area (Å²) in [5.74, 6) is -2.47. The van der Waals surface area contributed by atoms with Gasteiger partial charge in [0.1, 0.15) is 47.9 Å². The molecule has 0 atom stereocenters. The Morgan fingerprint density at radius 2 is 1.02 bits per heavy atom. The monoisotopic (exact) mass is 1190 g/mol. The van der Waals surface area contributed by atoms with E-state index in [1.807, 2.05) is 79.6 Å². The summed E-state index contributed by atoms with van der Waals surface area (Å²) < 4.78 is 101. The van der Waals surface area contributed by atoms with Crippen molar-refractivity contribution in [3.63, 3.8) is 0 Å². The minimum atomic E-state index is -0.787. The third kappa shape index (κ3) is 16.2. The fraction of sp³-hybridized carbons (Fsp3) is 0.452. The van der Waals surface area contributed by atoms with Crippen LogP contribution in [-0.4, -0.2) is 157 Å². The van der Waals surface area contributed by atoms with Gasteiger partial charge in [0.25, 0.3) is 0 Å². The molecule has 84 heavy (non-hydrogen) atoms. The van der Waals surface area contributed by atoms with Gasteiger partial charge in [0, 0.05) is 49.1 Å². The number of carbonyl (C=O) groups excluding carboxylic acids is 1. The molecule has 4 aromatic carbocycles. The zero-order valence-corrected chi connectivity index (χ0v) is 49.6. The van der Waals surface area contributed by atoms with Gasteiger partial charge in [-0.25, -0.2) is 46.3 Å². The topological polar surface area (TPSA) is 153 Å². The highest BCUT2D eigenvalue weighted by Gasteiger charge is 2.30. The second-order valence-electron chi connectivity index (χ2n) is 22.5. The summed E-state index contributed by atoms with van der Waals surface area (Å²) in [6.07, 6.45) is 5.83. The van der Waals surface area contributed by atoms with E-state index < -0.39 is 29.2 Å². The number of carbonyl (C=O) groups is 2. The Labute approximate surface area is 493 Å². The molecule has 0 bridgehead atoms. The fourth-order valence-electron chi connectivity index (χ4n) is 10.9. The second-order valence-corrected chi connectivity index (χ2v) is 22.5. The van der Waals surface area contributed by atoms with Crippen molar-refractivity contribution >= 4 is 35.7 Å². The standard InChI is InChI=1S/C31H36F3N5O2.C27H29F3N4O.C4H9NO2.ClH/c1-19(2)39-11-12-41-31-25(33)15-22(16-27(31)39)30-26(34)17-35-28(36-30)14-20-5-6-23(24(32)13-20)21-7-9-38(10-8-21)29(40)18-37(3)4;1-16(2)34-9-10-35-27-22(29)13-19(14-24(27)34)26-23(30)15-32-25(33-26)12-17-3-4-20(21(28)11-17)18-5-7-31-8-6-18;1-5(2)3-4(6)7;/h5-6,13,15-17,19,21H,7-12,14,18H2,1-4H3;3-4,11,13-16,18,31H,5-10,12H2,1-2H3;3H2,1-2H3,(H,6,7);1H. The number of ether oxygens (including phenoxy) is 2.